The zero-order chi connectivity index (χ0) is 20.3. The highest BCUT2D eigenvalue weighted by Crippen LogP contribution is 2.32. The van der Waals surface area contributed by atoms with Crippen LogP contribution in [-0.4, -0.2) is 51.0 Å². The highest BCUT2D eigenvalue weighted by Gasteiger charge is 2.29. The molecule has 150 valence electrons. The lowest BCUT2D eigenvalue weighted by Gasteiger charge is -2.25. The molecule has 1 fully saturated rings. The molecule has 0 spiro atoms. The Labute approximate surface area is 167 Å². The van der Waals surface area contributed by atoms with Crippen molar-refractivity contribution in [3.8, 4) is 0 Å². The number of amides is 1. The molecule has 0 radical (unpaired) electrons. The van der Waals surface area contributed by atoms with Crippen LogP contribution in [0.25, 0.3) is 0 Å². The van der Waals surface area contributed by atoms with Gasteiger partial charge in [-0.15, -0.1) is 0 Å². The van der Waals surface area contributed by atoms with Crippen molar-refractivity contribution < 1.29 is 13.2 Å². The number of carbonyl (C=O) groups is 1. The lowest BCUT2D eigenvalue weighted by Crippen LogP contribution is -2.31. The first kappa shape index (κ1) is 20.6. The Morgan fingerprint density at radius 2 is 1.64 bits per heavy atom. The molecule has 1 saturated heterocycles. The van der Waals surface area contributed by atoms with Gasteiger partial charge < -0.3 is 9.80 Å². The zero-order valence-corrected chi connectivity index (χ0v) is 17.6. The molecule has 0 saturated carbocycles. The van der Waals surface area contributed by atoms with E-state index in [1.54, 1.807) is 24.3 Å². The highest BCUT2D eigenvalue weighted by atomic mass is 32.2. The Morgan fingerprint density at radius 1 is 1.04 bits per heavy atom. The van der Waals surface area contributed by atoms with Crippen LogP contribution in [0.2, 0.25) is 0 Å². The van der Waals surface area contributed by atoms with Crippen LogP contribution in [-0.2, 0) is 27.6 Å². The molecule has 28 heavy (non-hydrogen) atoms. The van der Waals surface area contributed by atoms with E-state index in [-0.39, 0.29) is 16.8 Å². The average molecular weight is 401 g/mol. The summed E-state index contributed by atoms with van der Waals surface area (Å²) in [4.78, 5) is 17.3. The van der Waals surface area contributed by atoms with Gasteiger partial charge in [0.1, 0.15) is 0 Å². The SMILES string of the molecule is CN(C)Cc1ccc(C2CCCN2C(=O)Cc2ccc(S(C)(=O)=O)cc2)cc1. The predicted octanol–water partition coefficient (Wildman–Crippen LogP) is 3.06. The Bertz CT molecular complexity index is 919. The molecule has 0 N–H and O–H groups in total. The van der Waals surface area contributed by atoms with Crippen LogP contribution in [0.5, 0.6) is 0 Å². The fraction of sp³-hybridized carbons (Fsp3) is 0.409. The average Bonchev–Trinajstić information content (AvgIpc) is 3.11. The summed E-state index contributed by atoms with van der Waals surface area (Å²) in [6.07, 6.45) is 3.46. The van der Waals surface area contributed by atoms with E-state index in [2.05, 4.69) is 29.2 Å². The molecule has 0 aliphatic carbocycles. The molecule has 1 amide bonds. The van der Waals surface area contributed by atoms with Crippen LogP contribution in [0.4, 0.5) is 0 Å². The normalized spacial score (nSPS) is 17.3. The Hall–Kier alpha value is -2.18. The van der Waals surface area contributed by atoms with Gasteiger partial charge in [-0.1, -0.05) is 36.4 Å². The van der Waals surface area contributed by atoms with Crippen molar-refractivity contribution in [1.29, 1.82) is 0 Å². The molecular weight excluding hydrogens is 372 g/mol. The molecule has 1 atom stereocenters. The van der Waals surface area contributed by atoms with Crippen molar-refractivity contribution in [3.63, 3.8) is 0 Å². The third kappa shape index (κ3) is 5.00. The molecule has 2 aromatic carbocycles. The molecule has 1 aliphatic heterocycles. The molecule has 1 aliphatic rings. The summed E-state index contributed by atoms with van der Waals surface area (Å²) in [5.41, 5.74) is 3.28. The fourth-order valence-electron chi connectivity index (χ4n) is 3.75. The number of hydrogen-bond acceptors (Lipinski definition) is 4. The Morgan fingerprint density at radius 3 is 2.21 bits per heavy atom. The number of carbonyl (C=O) groups excluding carboxylic acids is 1. The lowest BCUT2D eigenvalue weighted by atomic mass is 10.0. The van der Waals surface area contributed by atoms with Crippen LogP contribution >= 0.6 is 0 Å². The van der Waals surface area contributed by atoms with Crippen LogP contribution in [0.3, 0.4) is 0 Å². The summed E-state index contributed by atoms with van der Waals surface area (Å²) in [6, 6.07) is 15.3. The molecule has 6 heteroatoms. The van der Waals surface area contributed by atoms with E-state index in [0.29, 0.717) is 6.42 Å². The van der Waals surface area contributed by atoms with E-state index in [0.717, 1.165) is 31.5 Å². The van der Waals surface area contributed by atoms with Crippen LogP contribution in [0.15, 0.2) is 53.4 Å². The van der Waals surface area contributed by atoms with Crippen molar-refractivity contribution in [3.05, 3.63) is 65.2 Å². The van der Waals surface area contributed by atoms with Gasteiger partial charge in [-0.3, -0.25) is 4.79 Å². The number of rotatable bonds is 6. The van der Waals surface area contributed by atoms with Crippen molar-refractivity contribution in [1.82, 2.24) is 9.80 Å². The van der Waals surface area contributed by atoms with E-state index in [9.17, 15) is 13.2 Å². The monoisotopic (exact) mass is 400 g/mol. The van der Waals surface area contributed by atoms with Gasteiger partial charge in [0, 0.05) is 19.3 Å². The summed E-state index contributed by atoms with van der Waals surface area (Å²) in [7, 11) is 0.881. The number of hydrogen-bond donors (Lipinski definition) is 0. The predicted molar refractivity (Wildman–Crippen MR) is 111 cm³/mol. The van der Waals surface area contributed by atoms with Gasteiger partial charge in [0.25, 0.3) is 0 Å². The lowest BCUT2D eigenvalue weighted by molar-refractivity contribution is -0.131. The van der Waals surface area contributed by atoms with Gasteiger partial charge in [-0.25, -0.2) is 8.42 Å². The number of likely N-dealkylation sites (tertiary alicyclic amines) is 1. The minimum atomic E-state index is -3.22. The highest BCUT2D eigenvalue weighted by molar-refractivity contribution is 7.90. The molecule has 1 heterocycles. The summed E-state index contributed by atoms with van der Waals surface area (Å²) in [5.74, 6) is 0.0898. The van der Waals surface area contributed by atoms with Gasteiger partial charge in [0.15, 0.2) is 9.84 Å². The third-order valence-corrected chi connectivity index (χ3v) is 6.27. The van der Waals surface area contributed by atoms with Gasteiger partial charge in [-0.2, -0.15) is 0 Å². The maximum atomic E-state index is 12.9. The van der Waals surface area contributed by atoms with Crippen molar-refractivity contribution in [2.45, 2.75) is 36.7 Å². The maximum Gasteiger partial charge on any atom is 0.227 e. The molecule has 5 nitrogen and oxygen atoms in total. The quantitative estimate of drug-likeness (QED) is 0.748. The first-order valence-electron chi connectivity index (χ1n) is 9.56. The van der Waals surface area contributed by atoms with Crippen LogP contribution < -0.4 is 0 Å². The second kappa shape index (κ2) is 8.45. The number of benzene rings is 2. The van der Waals surface area contributed by atoms with Gasteiger partial charge in [0.05, 0.1) is 17.4 Å². The molecule has 3 rings (SSSR count). The first-order chi connectivity index (χ1) is 13.2. The summed E-state index contributed by atoms with van der Waals surface area (Å²) < 4.78 is 23.2. The minimum absolute atomic E-state index is 0.0898. The molecule has 1 unspecified atom stereocenters. The van der Waals surface area contributed by atoms with E-state index in [1.165, 1.54) is 17.4 Å². The minimum Gasteiger partial charge on any atom is -0.335 e. The summed E-state index contributed by atoms with van der Waals surface area (Å²) in [6.45, 7) is 1.67. The Kier molecular flexibility index (Phi) is 6.20. The van der Waals surface area contributed by atoms with E-state index in [1.807, 2.05) is 19.0 Å². The van der Waals surface area contributed by atoms with Crippen LogP contribution in [0.1, 0.15) is 35.6 Å². The summed E-state index contributed by atoms with van der Waals surface area (Å²) in [5, 5.41) is 0. The van der Waals surface area contributed by atoms with E-state index >= 15 is 0 Å². The van der Waals surface area contributed by atoms with Crippen molar-refractivity contribution >= 4 is 15.7 Å². The summed E-state index contributed by atoms with van der Waals surface area (Å²) >= 11 is 0. The first-order valence-corrected chi connectivity index (χ1v) is 11.5. The van der Waals surface area contributed by atoms with E-state index < -0.39 is 9.84 Å². The van der Waals surface area contributed by atoms with Gasteiger partial charge >= 0.3 is 0 Å². The molecule has 2 aromatic rings. The van der Waals surface area contributed by atoms with Crippen molar-refractivity contribution in [2.75, 3.05) is 26.9 Å². The third-order valence-electron chi connectivity index (χ3n) is 5.14. The second-order valence-corrected chi connectivity index (χ2v) is 9.83. The number of sulfone groups is 1. The Balaban J connectivity index is 1.69. The zero-order valence-electron chi connectivity index (χ0n) is 16.8. The second-order valence-electron chi connectivity index (χ2n) is 7.82. The van der Waals surface area contributed by atoms with Crippen LogP contribution in [0, 0.1) is 0 Å². The maximum absolute atomic E-state index is 12.9. The van der Waals surface area contributed by atoms with Gasteiger partial charge in [-0.05, 0) is 55.8 Å². The molecule has 0 bridgehead atoms. The topological polar surface area (TPSA) is 57.7 Å². The standard InChI is InChI=1S/C22H28N2O3S/c1-23(2)16-18-6-10-19(11-7-18)21-5-4-14-24(21)22(25)15-17-8-12-20(13-9-17)28(3,26)27/h6-13,21H,4-5,14-16H2,1-3H3. The van der Waals surface area contributed by atoms with Crippen molar-refractivity contribution in [2.24, 2.45) is 0 Å². The molecular formula is C22H28N2O3S. The van der Waals surface area contributed by atoms with E-state index in [4.69, 9.17) is 0 Å². The molecule has 0 aromatic heterocycles. The van der Waals surface area contributed by atoms with Gasteiger partial charge in [0.2, 0.25) is 5.91 Å². The largest absolute Gasteiger partial charge is 0.335 e. The fourth-order valence-corrected chi connectivity index (χ4v) is 4.38. The number of nitrogens with zero attached hydrogens (tertiary/aromatic N) is 2. The smallest absolute Gasteiger partial charge is 0.227 e.